The van der Waals surface area contributed by atoms with Crippen LogP contribution in [0.4, 0.5) is 11.6 Å². The summed E-state index contributed by atoms with van der Waals surface area (Å²) in [6, 6.07) is 4.02. The SMILES string of the molecule is CCN(CC)c1ccc(N2CCN(C(=O)C3CCC(=O)NC3)CC2)nn1. The molecule has 142 valence electrons. The number of nitrogens with zero attached hydrogens (tertiary/aromatic N) is 5. The summed E-state index contributed by atoms with van der Waals surface area (Å²) in [5.41, 5.74) is 0. The van der Waals surface area contributed by atoms with Gasteiger partial charge in [0.1, 0.15) is 0 Å². The minimum Gasteiger partial charge on any atom is -0.356 e. The molecule has 2 amide bonds. The van der Waals surface area contributed by atoms with Crippen molar-refractivity contribution < 1.29 is 9.59 Å². The number of carbonyl (C=O) groups is 2. The average molecular weight is 360 g/mol. The summed E-state index contributed by atoms with van der Waals surface area (Å²) in [6.45, 7) is 9.37. The normalized spacial score (nSPS) is 20.7. The van der Waals surface area contributed by atoms with E-state index >= 15 is 0 Å². The van der Waals surface area contributed by atoms with Gasteiger partial charge in [0.15, 0.2) is 11.6 Å². The Morgan fingerprint density at radius 1 is 1.19 bits per heavy atom. The summed E-state index contributed by atoms with van der Waals surface area (Å²) in [5.74, 6) is 1.88. The quantitative estimate of drug-likeness (QED) is 0.823. The van der Waals surface area contributed by atoms with E-state index in [4.69, 9.17) is 0 Å². The summed E-state index contributed by atoms with van der Waals surface area (Å²) in [7, 11) is 0. The minimum absolute atomic E-state index is 0.0469. The Morgan fingerprint density at radius 2 is 1.92 bits per heavy atom. The molecule has 26 heavy (non-hydrogen) atoms. The molecule has 1 atom stereocenters. The van der Waals surface area contributed by atoms with Gasteiger partial charge >= 0.3 is 0 Å². The third-order valence-electron chi connectivity index (χ3n) is 5.25. The number of hydrogen-bond donors (Lipinski definition) is 1. The predicted octanol–water partition coefficient (Wildman–Crippen LogP) is 0.498. The molecule has 8 heteroatoms. The second-order valence-electron chi connectivity index (χ2n) is 6.77. The highest BCUT2D eigenvalue weighted by molar-refractivity contribution is 5.84. The van der Waals surface area contributed by atoms with Gasteiger partial charge in [-0.15, -0.1) is 10.2 Å². The molecule has 1 aromatic heterocycles. The lowest BCUT2D eigenvalue weighted by atomic mass is 9.97. The number of piperazine rings is 1. The lowest BCUT2D eigenvalue weighted by Gasteiger charge is -2.37. The van der Waals surface area contributed by atoms with Crippen LogP contribution in [0.15, 0.2) is 12.1 Å². The summed E-state index contributed by atoms with van der Waals surface area (Å²) >= 11 is 0. The maximum atomic E-state index is 12.6. The van der Waals surface area contributed by atoms with Crippen LogP contribution in [0.3, 0.4) is 0 Å². The van der Waals surface area contributed by atoms with Gasteiger partial charge in [0.25, 0.3) is 0 Å². The summed E-state index contributed by atoms with van der Waals surface area (Å²) in [5, 5.41) is 11.5. The largest absolute Gasteiger partial charge is 0.356 e. The number of hydrogen-bond acceptors (Lipinski definition) is 6. The monoisotopic (exact) mass is 360 g/mol. The summed E-state index contributed by atoms with van der Waals surface area (Å²) in [4.78, 5) is 30.1. The molecule has 2 fully saturated rings. The van der Waals surface area contributed by atoms with E-state index in [1.807, 2.05) is 17.0 Å². The molecule has 2 aliphatic rings. The van der Waals surface area contributed by atoms with E-state index < -0.39 is 0 Å². The zero-order chi connectivity index (χ0) is 18.5. The number of piperidine rings is 1. The van der Waals surface area contributed by atoms with Crippen LogP contribution in [-0.2, 0) is 9.59 Å². The van der Waals surface area contributed by atoms with Crippen molar-refractivity contribution in [2.24, 2.45) is 5.92 Å². The van der Waals surface area contributed by atoms with Gasteiger partial charge in [-0.2, -0.15) is 0 Å². The van der Waals surface area contributed by atoms with E-state index in [-0.39, 0.29) is 17.7 Å². The topological polar surface area (TPSA) is 81.7 Å². The zero-order valence-corrected chi connectivity index (χ0v) is 15.6. The van der Waals surface area contributed by atoms with Gasteiger partial charge in [0.2, 0.25) is 11.8 Å². The number of nitrogens with one attached hydrogen (secondary N) is 1. The van der Waals surface area contributed by atoms with Crippen LogP contribution in [0.5, 0.6) is 0 Å². The van der Waals surface area contributed by atoms with E-state index in [9.17, 15) is 9.59 Å². The van der Waals surface area contributed by atoms with Crippen LogP contribution < -0.4 is 15.1 Å². The first kappa shape index (κ1) is 18.4. The Kier molecular flexibility index (Phi) is 5.90. The lowest BCUT2D eigenvalue weighted by Crippen LogP contribution is -2.52. The summed E-state index contributed by atoms with van der Waals surface area (Å²) < 4.78 is 0. The van der Waals surface area contributed by atoms with E-state index in [1.165, 1.54) is 0 Å². The second-order valence-corrected chi connectivity index (χ2v) is 6.77. The second kappa shape index (κ2) is 8.33. The number of rotatable bonds is 5. The van der Waals surface area contributed by atoms with Crippen molar-refractivity contribution in [2.75, 3.05) is 55.6 Å². The number of carbonyl (C=O) groups excluding carboxylic acids is 2. The summed E-state index contributed by atoms with van der Waals surface area (Å²) in [6.07, 6.45) is 1.11. The molecule has 3 rings (SSSR count). The van der Waals surface area contributed by atoms with E-state index in [1.54, 1.807) is 0 Å². The highest BCUT2D eigenvalue weighted by atomic mass is 16.2. The maximum Gasteiger partial charge on any atom is 0.227 e. The predicted molar refractivity (Wildman–Crippen MR) is 100 cm³/mol. The van der Waals surface area contributed by atoms with Crippen LogP contribution in [-0.4, -0.2) is 72.7 Å². The third kappa shape index (κ3) is 4.05. The smallest absolute Gasteiger partial charge is 0.227 e. The van der Waals surface area contributed by atoms with Gasteiger partial charge in [0.05, 0.1) is 5.92 Å². The molecule has 0 bridgehead atoms. The molecule has 2 aliphatic heterocycles. The van der Waals surface area contributed by atoms with Gasteiger partial charge in [0, 0.05) is 52.2 Å². The molecule has 0 aliphatic carbocycles. The Hall–Kier alpha value is -2.38. The van der Waals surface area contributed by atoms with Crippen LogP contribution in [0, 0.1) is 5.92 Å². The van der Waals surface area contributed by atoms with Crippen molar-refractivity contribution in [3.05, 3.63) is 12.1 Å². The lowest BCUT2D eigenvalue weighted by molar-refractivity contribution is -0.137. The fraction of sp³-hybridized carbons (Fsp3) is 0.667. The van der Waals surface area contributed by atoms with Crippen molar-refractivity contribution in [1.82, 2.24) is 20.4 Å². The molecular weight excluding hydrogens is 332 g/mol. The zero-order valence-electron chi connectivity index (χ0n) is 15.6. The van der Waals surface area contributed by atoms with Gasteiger partial charge in [-0.05, 0) is 32.4 Å². The van der Waals surface area contributed by atoms with Crippen molar-refractivity contribution in [2.45, 2.75) is 26.7 Å². The highest BCUT2D eigenvalue weighted by Gasteiger charge is 2.30. The Bertz CT molecular complexity index is 613. The van der Waals surface area contributed by atoms with Crippen LogP contribution in [0.2, 0.25) is 0 Å². The molecule has 1 N–H and O–H groups in total. The van der Waals surface area contributed by atoms with Crippen LogP contribution >= 0.6 is 0 Å². The molecule has 2 saturated heterocycles. The van der Waals surface area contributed by atoms with E-state index in [0.29, 0.717) is 32.5 Å². The maximum absolute atomic E-state index is 12.6. The van der Waals surface area contributed by atoms with Gasteiger partial charge < -0.3 is 20.0 Å². The minimum atomic E-state index is -0.0765. The molecule has 0 saturated carbocycles. The van der Waals surface area contributed by atoms with Crippen molar-refractivity contribution in [3.63, 3.8) is 0 Å². The van der Waals surface area contributed by atoms with Gasteiger partial charge in [-0.3, -0.25) is 9.59 Å². The molecule has 1 aromatic rings. The first-order chi connectivity index (χ1) is 12.6. The van der Waals surface area contributed by atoms with Crippen LogP contribution in [0.1, 0.15) is 26.7 Å². The van der Waals surface area contributed by atoms with Gasteiger partial charge in [-0.1, -0.05) is 0 Å². The molecular formula is C18H28N6O2. The Balaban J connectivity index is 1.53. The number of anilines is 2. The van der Waals surface area contributed by atoms with E-state index in [2.05, 4.69) is 39.2 Å². The van der Waals surface area contributed by atoms with Crippen molar-refractivity contribution >= 4 is 23.5 Å². The van der Waals surface area contributed by atoms with Gasteiger partial charge in [-0.25, -0.2) is 0 Å². The molecule has 0 spiro atoms. The molecule has 0 aromatic carbocycles. The average Bonchev–Trinajstić information content (AvgIpc) is 2.70. The third-order valence-corrected chi connectivity index (χ3v) is 5.25. The molecule has 1 unspecified atom stereocenters. The molecule has 0 radical (unpaired) electrons. The molecule has 8 nitrogen and oxygen atoms in total. The van der Waals surface area contributed by atoms with Crippen molar-refractivity contribution in [1.29, 1.82) is 0 Å². The van der Waals surface area contributed by atoms with Crippen LogP contribution in [0.25, 0.3) is 0 Å². The first-order valence-electron chi connectivity index (χ1n) is 9.51. The fourth-order valence-corrected chi connectivity index (χ4v) is 3.56. The van der Waals surface area contributed by atoms with Crippen molar-refractivity contribution in [3.8, 4) is 0 Å². The fourth-order valence-electron chi connectivity index (χ4n) is 3.56. The standard InChI is InChI=1S/C18H28N6O2/c1-3-22(4-2)15-6-7-16(21-20-15)23-9-11-24(12-10-23)18(26)14-5-8-17(25)19-13-14/h6-7,14H,3-5,8-13H2,1-2H3,(H,19,25). The number of aromatic nitrogens is 2. The first-order valence-corrected chi connectivity index (χ1v) is 9.51. The number of amides is 2. The van der Waals surface area contributed by atoms with E-state index in [0.717, 1.165) is 37.8 Å². The molecule has 3 heterocycles. The highest BCUT2D eigenvalue weighted by Crippen LogP contribution is 2.19. The Morgan fingerprint density at radius 3 is 2.46 bits per heavy atom. The Labute approximate surface area is 154 Å².